The maximum atomic E-state index is 2.41. The zero-order valence-corrected chi connectivity index (χ0v) is 11.7. The molecule has 1 heterocycles. The SMILES string of the molecule is Cc1cpc(C=C[Si](C)(C)C)cc1C. The van der Waals surface area contributed by atoms with Crippen LogP contribution >= 0.6 is 8.19 Å². The molecule has 76 valence electrons. The fraction of sp³-hybridized carbons (Fsp3) is 0.417. The molecule has 14 heavy (non-hydrogen) atoms. The summed E-state index contributed by atoms with van der Waals surface area (Å²) in [6, 6.07) is 2.30. The first kappa shape index (κ1) is 11.7. The monoisotopic (exact) mass is 222 g/mol. The first-order valence-corrected chi connectivity index (χ1v) is 9.55. The molecule has 2 heteroatoms. The van der Waals surface area contributed by atoms with Crippen molar-refractivity contribution < 1.29 is 0 Å². The topological polar surface area (TPSA) is 0 Å². The van der Waals surface area contributed by atoms with Crippen LogP contribution in [0.5, 0.6) is 0 Å². The predicted molar refractivity (Wildman–Crippen MR) is 70.8 cm³/mol. The van der Waals surface area contributed by atoms with E-state index < -0.39 is 8.07 Å². The summed E-state index contributed by atoms with van der Waals surface area (Å²) in [5, 5.41) is 1.43. The summed E-state index contributed by atoms with van der Waals surface area (Å²) in [5.41, 5.74) is 5.23. The van der Waals surface area contributed by atoms with E-state index in [0.717, 1.165) is 0 Å². The summed E-state index contributed by atoms with van der Waals surface area (Å²) in [6.07, 6.45) is 2.31. The van der Waals surface area contributed by atoms with Crippen LogP contribution < -0.4 is 0 Å². The van der Waals surface area contributed by atoms with Gasteiger partial charge in [-0.2, -0.15) is 0 Å². The molecule has 0 nitrogen and oxygen atoms in total. The van der Waals surface area contributed by atoms with Gasteiger partial charge >= 0.3 is 0 Å². The van der Waals surface area contributed by atoms with Crippen LogP contribution in [-0.2, 0) is 0 Å². The summed E-state index contributed by atoms with van der Waals surface area (Å²) in [5.74, 6) is 2.29. The van der Waals surface area contributed by atoms with Crippen LogP contribution in [0.4, 0.5) is 0 Å². The number of rotatable bonds is 2. The zero-order valence-electron chi connectivity index (χ0n) is 9.76. The molecule has 0 aliphatic carbocycles. The summed E-state index contributed by atoms with van der Waals surface area (Å²) in [7, 11) is 0.308. The summed E-state index contributed by atoms with van der Waals surface area (Å²) in [4.78, 5) is 0. The lowest BCUT2D eigenvalue weighted by atomic mass is 10.2. The van der Waals surface area contributed by atoms with Gasteiger partial charge in [-0.1, -0.05) is 39.6 Å². The second kappa shape index (κ2) is 4.42. The molecule has 0 N–H and O–H groups in total. The molecule has 0 aliphatic heterocycles. The van der Waals surface area contributed by atoms with Crippen molar-refractivity contribution >= 4 is 22.3 Å². The average Bonchev–Trinajstić information content (AvgIpc) is 2.06. The molecule has 0 aromatic carbocycles. The van der Waals surface area contributed by atoms with Gasteiger partial charge in [-0.3, -0.25) is 0 Å². The first-order valence-electron chi connectivity index (χ1n) is 5.01. The second-order valence-corrected chi connectivity index (χ2v) is 11.0. The first-order chi connectivity index (χ1) is 6.38. The number of aryl methyl sites for hydroxylation is 2. The Morgan fingerprint density at radius 1 is 1.14 bits per heavy atom. The van der Waals surface area contributed by atoms with Crippen LogP contribution in [-0.4, -0.2) is 8.07 Å². The maximum absolute atomic E-state index is 2.41. The van der Waals surface area contributed by atoms with Gasteiger partial charge in [0.25, 0.3) is 0 Å². The van der Waals surface area contributed by atoms with Crippen molar-refractivity contribution in [2.24, 2.45) is 0 Å². The molecule has 1 rings (SSSR count). The van der Waals surface area contributed by atoms with Crippen molar-refractivity contribution in [2.45, 2.75) is 33.5 Å². The highest BCUT2D eigenvalue weighted by Crippen LogP contribution is 2.21. The Labute approximate surface area is 90.2 Å². The third-order valence-electron chi connectivity index (χ3n) is 2.15. The van der Waals surface area contributed by atoms with Crippen molar-refractivity contribution in [3.8, 4) is 0 Å². The predicted octanol–water partition coefficient (Wildman–Crippen LogP) is 4.77. The van der Waals surface area contributed by atoms with Crippen molar-refractivity contribution in [3.05, 3.63) is 34.0 Å². The van der Waals surface area contributed by atoms with Gasteiger partial charge in [0.05, 0.1) is 8.07 Å². The van der Waals surface area contributed by atoms with Crippen LogP contribution in [0.1, 0.15) is 16.4 Å². The van der Waals surface area contributed by atoms with Gasteiger partial charge in [-0.15, -0.1) is 0 Å². The van der Waals surface area contributed by atoms with Crippen molar-refractivity contribution in [3.63, 3.8) is 0 Å². The van der Waals surface area contributed by atoms with E-state index in [9.17, 15) is 0 Å². The number of hydrogen-bond acceptors (Lipinski definition) is 0. The lowest BCUT2D eigenvalue weighted by Crippen LogP contribution is -2.14. The molecular weight excluding hydrogens is 203 g/mol. The minimum atomic E-state index is -1.04. The van der Waals surface area contributed by atoms with Crippen LogP contribution in [0.3, 0.4) is 0 Å². The molecular formula is C12H19PSi. The largest absolute Gasteiger partial charge is 0.0941 e. The maximum Gasteiger partial charge on any atom is 0.0687 e. The van der Waals surface area contributed by atoms with E-state index in [4.69, 9.17) is 0 Å². The van der Waals surface area contributed by atoms with E-state index in [2.05, 4.69) is 57.1 Å². The second-order valence-electron chi connectivity index (χ2n) is 4.89. The molecule has 0 fully saturated rings. The Morgan fingerprint density at radius 2 is 1.79 bits per heavy atom. The van der Waals surface area contributed by atoms with E-state index in [0.29, 0.717) is 0 Å². The number of hydrogen-bond donors (Lipinski definition) is 0. The van der Waals surface area contributed by atoms with Crippen LogP contribution in [0, 0.1) is 13.8 Å². The normalized spacial score (nSPS) is 12.9. The third kappa shape index (κ3) is 3.77. The Balaban J connectivity index is 2.89. The van der Waals surface area contributed by atoms with Gasteiger partial charge in [0, 0.05) is 5.30 Å². The molecule has 0 radical (unpaired) electrons. The van der Waals surface area contributed by atoms with Gasteiger partial charge in [0.15, 0.2) is 0 Å². The van der Waals surface area contributed by atoms with Gasteiger partial charge in [-0.05, 0) is 36.8 Å². The molecule has 0 aliphatic rings. The lowest BCUT2D eigenvalue weighted by Gasteiger charge is -2.08. The molecule has 0 unspecified atom stereocenters. The molecule has 0 spiro atoms. The molecule has 1 aromatic rings. The third-order valence-corrected chi connectivity index (χ3v) is 4.41. The quantitative estimate of drug-likeness (QED) is 0.632. The highest BCUT2D eigenvalue weighted by atomic mass is 31.0. The van der Waals surface area contributed by atoms with E-state index >= 15 is 0 Å². The molecule has 0 saturated heterocycles. The van der Waals surface area contributed by atoms with Crippen LogP contribution in [0.2, 0.25) is 19.6 Å². The molecule has 0 bridgehead atoms. The van der Waals surface area contributed by atoms with Crippen molar-refractivity contribution in [1.29, 1.82) is 0 Å². The smallest absolute Gasteiger partial charge is 0.0687 e. The fourth-order valence-corrected chi connectivity index (χ4v) is 2.87. The zero-order chi connectivity index (χ0) is 10.8. The molecule has 0 atom stereocenters. The van der Waals surface area contributed by atoms with E-state index in [1.165, 1.54) is 24.6 Å². The van der Waals surface area contributed by atoms with E-state index in [-0.39, 0.29) is 0 Å². The van der Waals surface area contributed by atoms with Crippen LogP contribution in [0.25, 0.3) is 6.08 Å². The highest BCUT2D eigenvalue weighted by molar-refractivity contribution is 7.30. The lowest BCUT2D eigenvalue weighted by molar-refractivity contribution is 1.37. The van der Waals surface area contributed by atoms with E-state index in [1.54, 1.807) is 0 Å². The van der Waals surface area contributed by atoms with Crippen molar-refractivity contribution in [2.75, 3.05) is 0 Å². The van der Waals surface area contributed by atoms with Gasteiger partial charge < -0.3 is 0 Å². The van der Waals surface area contributed by atoms with Gasteiger partial charge in [0.1, 0.15) is 0 Å². The Kier molecular flexibility index (Phi) is 3.69. The molecule has 1 aromatic heterocycles. The van der Waals surface area contributed by atoms with Gasteiger partial charge in [-0.25, -0.2) is 0 Å². The summed E-state index contributed by atoms with van der Waals surface area (Å²) < 4.78 is 0. The van der Waals surface area contributed by atoms with Crippen LogP contribution in [0.15, 0.2) is 17.6 Å². The molecule has 0 saturated carbocycles. The Bertz CT molecular complexity index is 348. The summed E-state index contributed by atoms with van der Waals surface area (Å²) in [6.45, 7) is 11.4. The fourth-order valence-electron chi connectivity index (χ4n) is 1.07. The van der Waals surface area contributed by atoms with E-state index in [1.807, 2.05) is 0 Å². The standard InChI is InChI=1S/C12H19PSi/c1-10-8-12(13-9-11(10)2)6-7-14(3,4)5/h6-9H,1-5H3. The summed E-state index contributed by atoms with van der Waals surface area (Å²) >= 11 is 0. The Hall–Kier alpha value is -0.393. The minimum Gasteiger partial charge on any atom is -0.0941 e. The highest BCUT2D eigenvalue weighted by Gasteiger charge is 2.06. The van der Waals surface area contributed by atoms with Gasteiger partial charge in [0.2, 0.25) is 0 Å². The molecule has 0 amide bonds. The van der Waals surface area contributed by atoms with Crippen molar-refractivity contribution in [1.82, 2.24) is 0 Å². The minimum absolute atomic E-state index is 1.04. The Morgan fingerprint density at radius 3 is 2.29 bits per heavy atom. The average molecular weight is 222 g/mol.